The second-order valence-electron chi connectivity index (χ2n) is 8.64. The first-order chi connectivity index (χ1) is 15.3. The minimum absolute atomic E-state index is 0.126. The van der Waals surface area contributed by atoms with Crippen LogP contribution in [0.3, 0.4) is 0 Å². The third-order valence-corrected chi connectivity index (χ3v) is 6.70. The molecular formula is C24H32N4O2S2. The van der Waals surface area contributed by atoms with Crippen molar-refractivity contribution < 1.29 is 4.79 Å². The van der Waals surface area contributed by atoms with Gasteiger partial charge in [-0.15, -0.1) is 0 Å². The molecule has 3 rings (SSSR count). The van der Waals surface area contributed by atoms with Crippen LogP contribution in [-0.4, -0.2) is 37.6 Å². The van der Waals surface area contributed by atoms with E-state index >= 15 is 0 Å². The number of carbonyl (C=O) groups is 1. The Bertz CT molecular complexity index is 1090. The number of nitrogens with zero attached hydrogens (tertiary/aromatic N) is 3. The lowest BCUT2D eigenvalue weighted by Gasteiger charge is -2.14. The van der Waals surface area contributed by atoms with Crippen molar-refractivity contribution in [2.75, 3.05) is 18.4 Å². The SMILES string of the molecule is CCCCCCCN1C(=O)/C(=C\c2c(NCC(C)C)nc3ccc(C)cn3c2=O)SC1=S. The monoisotopic (exact) mass is 472 g/mol. The highest BCUT2D eigenvalue weighted by Crippen LogP contribution is 2.33. The number of fused-ring (bicyclic) bond motifs is 1. The maximum atomic E-state index is 13.3. The molecule has 1 fully saturated rings. The quantitative estimate of drug-likeness (QED) is 0.290. The zero-order valence-electron chi connectivity index (χ0n) is 19.3. The lowest BCUT2D eigenvalue weighted by molar-refractivity contribution is -0.122. The number of aromatic nitrogens is 2. The Kier molecular flexibility index (Phi) is 8.48. The van der Waals surface area contributed by atoms with Gasteiger partial charge in [-0.3, -0.25) is 18.9 Å². The molecular weight excluding hydrogens is 440 g/mol. The maximum absolute atomic E-state index is 13.3. The first-order valence-electron chi connectivity index (χ1n) is 11.3. The topological polar surface area (TPSA) is 66.7 Å². The van der Waals surface area contributed by atoms with E-state index in [2.05, 4.69) is 31.1 Å². The number of rotatable bonds is 10. The molecule has 2 aromatic heterocycles. The molecule has 3 heterocycles. The molecule has 172 valence electrons. The van der Waals surface area contributed by atoms with Gasteiger partial charge in [-0.05, 0) is 37.0 Å². The minimum Gasteiger partial charge on any atom is -0.369 e. The van der Waals surface area contributed by atoms with Gasteiger partial charge in [0.1, 0.15) is 15.8 Å². The molecule has 0 radical (unpaired) electrons. The highest BCUT2D eigenvalue weighted by molar-refractivity contribution is 8.26. The number of amides is 1. The minimum atomic E-state index is -0.199. The van der Waals surface area contributed by atoms with Crippen molar-refractivity contribution in [1.29, 1.82) is 0 Å². The average Bonchev–Trinajstić information content (AvgIpc) is 3.02. The number of carbonyl (C=O) groups excluding carboxylic acids is 1. The van der Waals surface area contributed by atoms with Gasteiger partial charge in [-0.25, -0.2) is 4.98 Å². The van der Waals surface area contributed by atoms with Crippen molar-refractivity contribution in [2.24, 2.45) is 5.92 Å². The molecule has 1 amide bonds. The van der Waals surface area contributed by atoms with Crippen LogP contribution in [0.1, 0.15) is 64.0 Å². The fraction of sp³-hybridized carbons (Fsp3) is 0.500. The predicted octanol–water partition coefficient (Wildman–Crippen LogP) is 5.24. The van der Waals surface area contributed by atoms with Crippen LogP contribution >= 0.6 is 24.0 Å². The molecule has 0 atom stereocenters. The summed E-state index contributed by atoms with van der Waals surface area (Å²) in [6.45, 7) is 9.60. The highest BCUT2D eigenvalue weighted by atomic mass is 32.2. The molecule has 0 spiro atoms. The number of hydrogen-bond donors (Lipinski definition) is 1. The molecule has 0 saturated carbocycles. The molecule has 1 saturated heterocycles. The normalized spacial score (nSPS) is 15.5. The lowest BCUT2D eigenvalue weighted by atomic mass is 10.1. The predicted molar refractivity (Wildman–Crippen MR) is 138 cm³/mol. The summed E-state index contributed by atoms with van der Waals surface area (Å²) in [7, 11) is 0. The molecule has 0 aliphatic carbocycles. The highest BCUT2D eigenvalue weighted by Gasteiger charge is 2.32. The van der Waals surface area contributed by atoms with Crippen LogP contribution in [-0.2, 0) is 4.79 Å². The molecule has 0 aromatic carbocycles. The fourth-order valence-corrected chi connectivity index (χ4v) is 4.81. The summed E-state index contributed by atoms with van der Waals surface area (Å²) in [6, 6.07) is 3.76. The Labute approximate surface area is 199 Å². The van der Waals surface area contributed by atoms with Gasteiger partial charge < -0.3 is 5.32 Å². The van der Waals surface area contributed by atoms with E-state index in [1.807, 2.05) is 19.1 Å². The van der Waals surface area contributed by atoms with Crippen molar-refractivity contribution in [3.05, 3.63) is 44.7 Å². The largest absolute Gasteiger partial charge is 0.369 e. The number of nitrogens with one attached hydrogen (secondary N) is 1. The number of thiocarbonyl (C=S) groups is 1. The van der Waals surface area contributed by atoms with Crippen LogP contribution in [0.25, 0.3) is 11.7 Å². The van der Waals surface area contributed by atoms with Gasteiger partial charge in [0.25, 0.3) is 11.5 Å². The van der Waals surface area contributed by atoms with Crippen molar-refractivity contribution in [2.45, 2.75) is 59.8 Å². The first kappa shape index (κ1) is 24.5. The van der Waals surface area contributed by atoms with Gasteiger partial charge in [0.2, 0.25) is 0 Å². The second-order valence-corrected chi connectivity index (χ2v) is 10.3. The van der Waals surface area contributed by atoms with E-state index in [1.54, 1.807) is 17.2 Å². The van der Waals surface area contributed by atoms with Crippen molar-refractivity contribution in [3.63, 3.8) is 0 Å². The van der Waals surface area contributed by atoms with Gasteiger partial charge in [-0.1, -0.05) is 76.5 Å². The lowest BCUT2D eigenvalue weighted by Crippen LogP contribution is -2.29. The van der Waals surface area contributed by atoms with Crippen LogP contribution < -0.4 is 10.9 Å². The molecule has 1 aliphatic heterocycles. The summed E-state index contributed by atoms with van der Waals surface area (Å²) in [5.41, 5.74) is 1.72. The van der Waals surface area contributed by atoms with Gasteiger partial charge in [0, 0.05) is 19.3 Å². The number of unbranched alkanes of at least 4 members (excludes halogenated alkanes) is 4. The Morgan fingerprint density at radius 3 is 2.66 bits per heavy atom. The number of hydrogen-bond acceptors (Lipinski definition) is 6. The number of anilines is 1. The van der Waals surface area contributed by atoms with Crippen molar-refractivity contribution in [3.8, 4) is 0 Å². The number of thioether (sulfide) groups is 1. The second kappa shape index (κ2) is 11.1. The molecule has 32 heavy (non-hydrogen) atoms. The van der Waals surface area contributed by atoms with E-state index in [9.17, 15) is 9.59 Å². The van der Waals surface area contributed by atoms with Crippen molar-refractivity contribution >= 4 is 51.7 Å². The molecule has 2 aromatic rings. The molecule has 1 N–H and O–H groups in total. The zero-order chi connectivity index (χ0) is 23.3. The standard InChI is InChI=1S/C24H32N4O2S2/c1-5-6-7-8-9-12-27-23(30)19(32-24(27)31)13-18-21(25-14-16(2)3)26-20-11-10-17(4)15-28(20)22(18)29/h10-11,13,15-16,25H,5-9,12,14H2,1-4H3/b19-13+. The van der Waals surface area contributed by atoms with E-state index in [-0.39, 0.29) is 11.5 Å². The van der Waals surface area contributed by atoms with Crippen LogP contribution in [0.2, 0.25) is 0 Å². The summed E-state index contributed by atoms with van der Waals surface area (Å²) in [6.07, 6.45) is 9.02. The van der Waals surface area contributed by atoms with E-state index in [0.29, 0.717) is 45.3 Å². The van der Waals surface area contributed by atoms with E-state index in [4.69, 9.17) is 12.2 Å². The third kappa shape index (κ3) is 5.78. The Hall–Kier alpha value is -2.19. The van der Waals surface area contributed by atoms with E-state index in [1.165, 1.54) is 35.4 Å². The van der Waals surface area contributed by atoms with E-state index in [0.717, 1.165) is 18.4 Å². The smallest absolute Gasteiger partial charge is 0.267 e. The zero-order valence-corrected chi connectivity index (χ0v) is 20.9. The van der Waals surface area contributed by atoms with Gasteiger partial charge in [0.05, 0.1) is 10.5 Å². The maximum Gasteiger partial charge on any atom is 0.267 e. The van der Waals surface area contributed by atoms with Crippen LogP contribution in [0.15, 0.2) is 28.0 Å². The van der Waals surface area contributed by atoms with Crippen LogP contribution in [0.4, 0.5) is 5.82 Å². The Balaban J connectivity index is 1.92. The summed E-state index contributed by atoms with van der Waals surface area (Å²) >= 11 is 6.73. The van der Waals surface area contributed by atoms with Gasteiger partial charge >= 0.3 is 0 Å². The summed E-state index contributed by atoms with van der Waals surface area (Å²) in [5.74, 6) is 0.753. The molecule has 0 unspecified atom stereocenters. The van der Waals surface area contributed by atoms with E-state index < -0.39 is 0 Å². The average molecular weight is 473 g/mol. The first-order valence-corrected chi connectivity index (χ1v) is 12.6. The Morgan fingerprint density at radius 2 is 1.94 bits per heavy atom. The van der Waals surface area contributed by atoms with Crippen molar-refractivity contribution in [1.82, 2.24) is 14.3 Å². The van der Waals surface area contributed by atoms with Gasteiger partial charge in [-0.2, -0.15) is 0 Å². The summed E-state index contributed by atoms with van der Waals surface area (Å²) in [4.78, 5) is 33.2. The molecule has 8 heteroatoms. The van der Waals surface area contributed by atoms with Gasteiger partial charge in [0.15, 0.2) is 0 Å². The molecule has 1 aliphatic rings. The molecule has 6 nitrogen and oxygen atoms in total. The summed E-state index contributed by atoms with van der Waals surface area (Å²) in [5, 5.41) is 3.29. The summed E-state index contributed by atoms with van der Waals surface area (Å²) < 4.78 is 2.09. The third-order valence-electron chi connectivity index (χ3n) is 5.32. The fourth-order valence-electron chi connectivity index (χ4n) is 3.52. The number of pyridine rings is 1. The van der Waals surface area contributed by atoms with Crippen LogP contribution in [0.5, 0.6) is 0 Å². The number of aryl methyl sites for hydroxylation is 1. The Morgan fingerprint density at radius 1 is 1.19 bits per heavy atom. The molecule has 0 bridgehead atoms. The van der Waals surface area contributed by atoms with Crippen LogP contribution in [0, 0.1) is 12.8 Å².